The van der Waals surface area contributed by atoms with Crippen LogP contribution in [0.3, 0.4) is 0 Å². The molecule has 22 heavy (non-hydrogen) atoms. The standard InChI is InChI=1S/C15H24NO4PS/c1-4-10-22-21(18,16-11-15(17)20-13(2)3)12-19-14-8-6-5-7-9-14/h5-9,13H,4,10-12H2,1-3H3,(H,16,18). The van der Waals surface area contributed by atoms with E-state index in [1.54, 1.807) is 13.8 Å². The van der Waals surface area contributed by atoms with Gasteiger partial charge in [-0.05, 0) is 32.4 Å². The lowest BCUT2D eigenvalue weighted by molar-refractivity contribution is -0.145. The Kier molecular flexibility index (Phi) is 8.61. The normalized spacial score (nSPS) is 13.6. The molecule has 7 heteroatoms. The molecule has 0 saturated carbocycles. The lowest BCUT2D eigenvalue weighted by Crippen LogP contribution is -2.25. The van der Waals surface area contributed by atoms with Gasteiger partial charge in [-0.3, -0.25) is 9.36 Å². The van der Waals surface area contributed by atoms with Crippen LogP contribution in [0.1, 0.15) is 27.2 Å². The van der Waals surface area contributed by atoms with Crippen molar-refractivity contribution in [2.45, 2.75) is 33.3 Å². The molecular weight excluding hydrogens is 321 g/mol. The number of benzene rings is 1. The fourth-order valence-corrected chi connectivity index (χ4v) is 5.24. The van der Waals surface area contributed by atoms with Crippen LogP contribution in [0, 0.1) is 0 Å². The summed E-state index contributed by atoms with van der Waals surface area (Å²) < 4.78 is 23.5. The smallest absolute Gasteiger partial charge is 0.320 e. The summed E-state index contributed by atoms with van der Waals surface area (Å²) in [6.45, 7) is 2.64. The van der Waals surface area contributed by atoms with Crippen LogP contribution in [0.15, 0.2) is 30.3 Å². The number of rotatable bonds is 10. The minimum Gasteiger partial charge on any atom is -0.484 e. The van der Waals surface area contributed by atoms with Gasteiger partial charge in [-0.2, -0.15) is 0 Å². The first-order valence-electron chi connectivity index (χ1n) is 7.31. The molecule has 1 N–H and O–H groups in total. The van der Waals surface area contributed by atoms with E-state index in [0.29, 0.717) is 5.75 Å². The zero-order valence-electron chi connectivity index (χ0n) is 13.3. The molecule has 1 aromatic rings. The van der Waals surface area contributed by atoms with Crippen molar-refractivity contribution in [2.75, 3.05) is 18.6 Å². The molecule has 0 bridgehead atoms. The number of carbonyl (C=O) groups excluding carboxylic acids is 1. The van der Waals surface area contributed by atoms with Gasteiger partial charge in [0.1, 0.15) is 12.3 Å². The zero-order chi connectivity index (χ0) is 16.4. The van der Waals surface area contributed by atoms with Gasteiger partial charge in [0.25, 0.3) is 0 Å². The Hall–Kier alpha value is -0.970. The van der Waals surface area contributed by atoms with Gasteiger partial charge < -0.3 is 9.47 Å². The highest BCUT2D eigenvalue weighted by atomic mass is 32.7. The Bertz CT molecular complexity index is 496. The largest absolute Gasteiger partial charge is 0.484 e. The Balaban J connectivity index is 2.56. The molecular formula is C15H24NO4PS. The Morgan fingerprint density at radius 1 is 1.32 bits per heavy atom. The van der Waals surface area contributed by atoms with Crippen molar-refractivity contribution in [1.82, 2.24) is 5.09 Å². The van der Waals surface area contributed by atoms with Crippen LogP contribution in [0.2, 0.25) is 0 Å². The van der Waals surface area contributed by atoms with E-state index in [-0.39, 0.29) is 19.0 Å². The molecule has 1 aromatic carbocycles. The van der Waals surface area contributed by atoms with Crippen LogP contribution in [-0.2, 0) is 14.1 Å². The molecule has 1 rings (SSSR count). The fraction of sp³-hybridized carbons (Fsp3) is 0.533. The second kappa shape index (κ2) is 9.93. The molecule has 1 atom stereocenters. The minimum absolute atomic E-state index is 0.0383. The molecule has 0 amide bonds. The third-order valence-electron chi connectivity index (χ3n) is 2.48. The van der Waals surface area contributed by atoms with Crippen LogP contribution >= 0.6 is 17.9 Å². The summed E-state index contributed by atoms with van der Waals surface area (Å²) in [5, 5.41) is 2.83. The average molecular weight is 345 g/mol. The van der Waals surface area contributed by atoms with Crippen molar-refractivity contribution in [1.29, 1.82) is 0 Å². The molecule has 5 nitrogen and oxygen atoms in total. The number of carbonyl (C=O) groups is 1. The van der Waals surface area contributed by atoms with Crippen molar-refractivity contribution in [3.05, 3.63) is 30.3 Å². The van der Waals surface area contributed by atoms with Crippen molar-refractivity contribution in [3.63, 3.8) is 0 Å². The Labute approximate surface area is 136 Å². The quantitative estimate of drug-likeness (QED) is 0.512. The van der Waals surface area contributed by atoms with Gasteiger partial charge in [-0.25, -0.2) is 5.09 Å². The maximum absolute atomic E-state index is 12.9. The van der Waals surface area contributed by atoms with Gasteiger partial charge in [-0.1, -0.05) is 36.5 Å². The number of esters is 1. The third-order valence-corrected chi connectivity index (χ3v) is 7.10. The molecule has 0 fully saturated rings. The average Bonchev–Trinajstić information content (AvgIpc) is 2.50. The predicted octanol–water partition coefficient (Wildman–Crippen LogP) is 3.90. The van der Waals surface area contributed by atoms with E-state index in [2.05, 4.69) is 5.09 Å². The topological polar surface area (TPSA) is 64.6 Å². The highest BCUT2D eigenvalue weighted by molar-refractivity contribution is 8.57. The molecule has 1 unspecified atom stereocenters. The molecule has 0 aliphatic heterocycles. The van der Waals surface area contributed by atoms with Crippen molar-refractivity contribution in [2.24, 2.45) is 0 Å². The zero-order valence-corrected chi connectivity index (χ0v) is 15.0. The molecule has 0 radical (unpaired) electrons. The van der Waals surface area contributed by atoms with Crippen LogP contribution in [0.25, 0.3) is 0 Å². The summed E-state index contributed by atoms with van der Waals surface area (Å²) in [4.78, 5) is 11.6. The van der Waals surface area contributed by atoms with Crippen LogP contribution in [-0.4, -0.2) is 30.7 Å². The highest BCUT2D eigenvalue weighted by Crippen LogP contribution is 2.54. The van der Waals surface area contributed by atoms with E-state index in [1.807, 2.05) is 37.3 Å². The van der Waals surface area contributed by atoms with Gasteiger partial charge in [0, 0.05) is 5.75 Å². The molecule has 124 valence electrons. The summed E-state index contributed by atoms with van der Waals surface area (Å²) in [5.74, 6) is 0.986. The summed E-state index contributed by atoms with van der Waals surface area (Å²) in [5.41, 5.74) is 0. The lowest BCUT2D eigenvalue weighted by Gasteiger charge is -2.19. The predicted molar refractivity (Wildman–Crippen MR) is 91.5 cm³/mol. The summed E-state index contributed by atoms with van der Waals surface area (Å²) in [6.07, 6.45) is 0.756. The first-order chi connectivity index (χ1) is 10.4. The van der Waals surface area contributed by atoms with E-state index in [0.717, 1.165) is 12.2 Å². The third kappa shape index (κ3) is 7.87. The molecule has 0 aliphatic rings. The summed E-state index contributed by atoms with van der Waals surface area (Å²) in [6, 6.07) is 9.21. The maximum Gasteiger partial charge on any atom is 0.320 e. The van der Waals surface area contributed by atoms with Crippen LogP contribution in [0.4, 0.5) is 0 Å². The monoisotopic (exact) mass is 345 g/mol. The second-order valence-corrected chi connectivity index (χ2v) is 10.1. The van der Waals surface area contributed by atoms with Gasteiger partial charge in [-0.15, -0.1) is 0 Å². The first kappa shape index (κ1) is 19.1. The number of para-hydroxylation sites is 1. The minimum atomic E-state index is -2.86. The van der Waals surface area contributed by atoms with Crippen LogP contribution in [0.5, 0.6) is 5.75 Å². The summed E-state index contributed by atoms with van der Waals surface area (Å²) >= 11 is 1.32. The number of hydrogen-bond acceptors (Lipinski definition) is 5. The van der Waals surface area contributed by atoms with Gasteiger partial charge in [0.05, 0.1) is 6.10 Å². The number of nitrogens with one attached hydrogen (secondary N) is 1. The van der Waals surface area contributed by atoms with Crippen molar-refractivity contribution < 1.29 is 18.8 Å². The maximum atomic E-state index is 12.9. The Morgan fingerprint density at radius 3 is 2.59 bits per heavy atom. The SMILES string of the molecule is CCCSP(=O)(COc1ccccc1)NCC(=O)OC(C)C. The molecule has 0 spiro atoms. The van der Waals surface area contributed by atoms with Gasteiger partial charge in [0.2, 0.25) is 6.49 Å². The highest BCUT2D eigenvalue weighted by Gasteiger charge is 2.24. The van der Waals surface area contributed by atoms with Crippen molar-refractivity contribution in [3.8, 4) is 5.75 Å². The van der Waals surface area contributed by atoms with E-state index in [4.69, 9.17) is 9.47 Å². The number of hydrogen-bond donors (Lipinski definition) is 1. The number of ether oxygens (including phenoxy) is 2. The first-order valence-corrected chi connectivity index (χ1v) is 10.8. The molecule has 0 aromatic heterocycles. The van der Waals surface area contributed by atoms with Gasteiger partial charge >= 0.3 is 5.97 Å². The lowest BCUT2D eigenvalue weighted by atomic mass is 10.3. The van der Waals surface area contributed by atoms with Gasteiger partial charge in [0.15, 0.2) is 6.35 Å². The summed E-state index contributed by atoms with van der Waals surface area (Å²) in [7, 11) is 0. The second-order valence-electron chi connectivity index (χ2n) is 4.97. The Morgan fingerprint density at radius 2 is 2.00 bits per heavy atom. The van der Waals surface area contributed by atoms with E-state index < -0.39 is 12.5 Å². The van der Waals surface area contributed by atoms with E-state index >= 15 is 0 Å². The van der Waals surface area contributed by atoms with Crippen LogP contribution < -0.4 is 9.82 Å². The molecule has 0 heterocycles. The fourth-order valence-electron chi connectivity index (χ4n) is 1.53. The molecule has 0 saturated heterocycles. The van der Waals surface area contributed by atoms with E-state index in [1.165, 1.54) is 11.4 Å². The van der Waals surface area contributed by atoms with Crippen molar-refractivity contribution >= 4 is 23.8 Å². The van der Waals surface area contributed by atoms with E-state index in [9.17, 15) is 9.36 Å². The molecule has 0 aliphatic carbocycles.